The first-order valence-electron chi connectivity index (χ1n) is 5.16. The Balaban J connectivity index is 1.99. The normalized spacial score (nSPS) is 35.7. The molecule has 1 aliphatic heterocycles. The molecule has 2 aliphatic rings. The SMILES string of the molecule is CC1ON=C(C2CCCCC2)C1I. The molecule has 1 heterocycles. The quantitative estimate of drug-likeness (QED) is 0.537. The van der Waals surface area contributed by atoms with Crippen LogP contribution in [0.4, 0.5) is 0 Å². The average molecular weight is 293 g/mol. The monoisotopic (exact) mass is 293 g/mol. The van der Waals surface area contributed by atoms with Crippen molar-refractivity contribution in [3.05, 3.63) is 0 Å². The second kappa shape index (κ2) is 4.15. The molecule has 0 aromatic heterocycles. The van der Waals surface area contributed by atoms with Crippen molar-refractivity contribution in [3.8, 4) is 0 Å². The Labute approximate surface area is 93.2 Å². The van der Waals surface area contributed by atoms with Gasteiger partial charge in [0.15, 0.2) is 0 Å². The number of oxime groups is 1. The second-order valence-corrected chi connectivity index (χ2v) is 5.41. The molecule has 2 unspecified atom stereocenters. The molecular weight excluding hydrogens is 277 g/mol. The van der Waals surface area contributed by atoms with Crippen LogP contribution >= 0.6 is 22.6 Å². The summed E-state index contributed by atoms with van der Waals surface area (Å²) in [5.74, 6) is 0.723. The number of hydrogen-bond donors (Lipinski definition) is 0. The molecule has 1 saturated carbocycles. The van der Waals surface area contributed by atoms with Crippen LogP contribution in [0.2, 0.25) is 0 Å². The molecule has 0 amide bonds. The van der Waals surface area contributed by atoms with Gasteiger partial charge in [0, 0.05) is 5.92 Å². The van der Waals surface area contributed by atoms with Crippen LogP contribution < -0.4 is 0 Å². The minimum atomic E-state index is 0.289. The first-order valence-corrected chi connectivity index (χ1v) is 6.41. The van der Waals surface area contributed by atoms with Gasteiger partial charge in [-0.1, -0.05) is 47.0 Å². The van der Waals surface area contributed by atoms with Gasteiger partial charge in [-0.05, 0) is 19.8 Å². The summed E-state index contributed by atoms with van der Waals surface area (Å²) in [6, 6.07) is 0. The fraction of sp³-hybridized carbons (Fsp3) is 0.900. The number of alkyl halides is 1. The minimum absolute atomic E-state index is 0.289. The summed E-state index contributed by atoms with van der Waals surface area (Å²) < 4.78 is 0.515. The Kier molecular flexibility index (Phi) is 3.11. The predicted octanol–water partition coefficient (Wildman–Crippen LogP) is 3.15. The number of hydrogen-bond acceptors (Lipinski definition) is 2. The van der Waals surface area contributed by atoms with Gasteiger partial charge >= 0.3 is 0 Å². The van der Waals surface area contributed by atoms with E-state index in [1.807, 2.05) is 0 Å². The smallest absolute Gasteiger partial charge is 0.141 e. The topological polar surface area (TPSA) is 21.6 Å². The fourth-order valence-electron chi connectivity index (χ4n) is 2.19. The highest BCUT2D eigenvalue weighted by Crippen LogP contribution is 2.32. The number of halogens is 1. The van der Waals surface area contributed by atoms with E-state index in [-0.39, 0.29) is 6.10 Å². The molecule has 0 bridgehead atoms. The first kappa shape index (κ1) is 9.74. The minimum Gasteiger partial charge on any atom is -0.391 e. The first-order chi connectivity index (χ1) is 6.29. The summed E-state index contributed by atoms with van der Waals surface area (Å²) >= 11 is 2.47. The molecule has 1 aliphatic carbocycles. The molecule has 2 rings (SSSR count). The highest BCUT2D eigenvalue weighted by Gasteiger charge is 2.33. The lowest BCUT2D eigenvalue weighted by Crippen LogP contribution is -2.27. The maximum Gasteiger partial charge on any atom is 0.141 e. The van der Waals surface area contributed by atoms with Crippen LogP contribution in [0.3, 0.4) is 0 Å². The van der Waals surface area contributed by atoms with E-state index in [0.717, 1.165) is 5.92 Å². The molecule has 3 heteroatoms. The van der Waals surface area contributed by atoms with Gasteiger partial charge < -0.3 is 4.84 Å². The van der Waals surface area contributed by atoms with Gasteiger partial charge in [0.25, 0.3) is 0 Å². The van der Waals surface area contributed by atoms with Crippen molar-refractivity contribution in [2.45, 2.75) is 49.1 Å². The predicted molar refractivity (Wildman–Crippen MR) is 62.4 cm³/mol. The van der Waals surface area contributed by atoms with Crippen molar-refractivity contribution in [1.82, 2.24) is 0 Å². The molecule has 0 aromatic rings. The van der Waals surface area contributed by atoms with Crippen molar-refractivity contribution in [2.24, 2.45) is 11.1 Å². The third-order valence-corrected chi connectivity index (χ3v) is 4.69. The van der Waals surface area contributed by atoms with E-state index in [0.29, 0.717) is 3.92 Å². The van der Waals surface area contributed by atoms with E-state index >= 15 is 0 Å². The molecule has 0 N–H and O–H groups in total. The fourth-order valence-corrected chi connectivity index (χ4v) is 2.94. The third kappa shape index (κ3) is 2.00. The van der Waals surface area contributed by atoms with Gasteiger partial charge in [-0.25, -0.2) is 0 Å². The van der Waals surface area contributed by atoms with Crippen molar-refractivity contribution >= 4 is 28.3 Å². The summed E-state index contributed by atoms with van der Waals surface area (Å²) in [6.07, 6.45) is 7.11. The molecule has 2 nitrogen and oxygen atoms in total. The maximum atomic E-state index is 5.31. The van der Waals surface area contributed by atoms with Crippen molar-refractivity contribution < 1.29 is 4.84 Å². The van der Waals surface area contributed by atoms with Crippen LogP contribution in [0, 0.1) is 5.92 Å². The summed E-state index contributed by atoms with van der Waals surface area (Å²) in [5.41, 5.74) is 1.33. The van der Waals surface area contributed by atoms with Gasteiger partial charge in [-0.15, -0.1) is 0 Å². The summed E-state index contributed by atoms with van der Waals surface area (Å²) in [7, 11) is 0. The Morgan fingerprint density at radius 3 is 2.54 bits per heavy atom. The maximum absolute atomic E-state index is 5.31. The summed E-state index contributed by atoms with van der Waals surface area (Å²) in [4.78, 5) is 5.31. The Morgan fingerprint density at radius 2 is 2.00 bits per heavy atom. The highest BCUT2D eigenvalue weighted by atomic mass is 127. The number of rotatable bonds is 1. The van der Waals surface area contributed by atoms with Crippen molar-refractivity contribution in [2.75, 3.05) is 0 Å². The van der Waals surface area contributed by atoms with Crippen LogP contribution in [0.5, 0.6) is 0 Å². The summed E-state index contributed by atoms with van der Waals surface area (Å²) in [5, 5.41) is 4.23. The molecule has 13 heavy (non-hydrogen) atoms. The molecule has 1 fully saturated rings. The number of nitrogens with zero attached hydrogens (tertiary/aromatic N) is 1. The van der Waals surface area contributed by atoms with Gasteiger partial charge in [-0.3, -0.25) is 0 Å². The molecule has 0 aromatic carbocycles. The van der Waals surface area contributed by atoms with Crippen LogP contribution in [0.15, 0.2) is 5.16 Å². The zero-order valence-corrected chi connectivity index (χ0v) is 10.2. The highest BCUT2D eigenvalue weighted by molar-refractivity contribution is 14.1. The van der Waals surface area contributed by atoms with E-state index in [1.54, 1.807) is 0 Å². The Morgan fingerprint density at radius 1 is 1.31 bits per heavy atom. The van der Waals surface area contributed by atoms with Crippen LogP contribution in [0.1, 0.15) is 39.0 Å². The van der Waals surface area contributed by atoms with Crippen LogP contribution in [0.25, 0.3) is 0 Å². The Bertz CT molecular complexity index is 211. The molecular formula is C10H16INO. The van der Waals surface area contributed by atoms with E-state index in [2.05, 4.69) is 34.7 Å². The summed E-state index contributed by atoms with van der Waals surface area (Å²) in [6.45, 7) is 2.11. The molecule has 0 radical (unpaired) electrons. The van der Waals surface area contributed by atoms with Crippen LogP contribution in [-0.2, 0) is 4.84 Å². The third-order valence-electron chi connectivity index (χ3n) is 3.04. The standard InChI is InChI=1S/C10H16INO/c1-7-9(11)10(12-13-7)8-5-3-2-4-6-8/h7-9H,2-6H2,1H3. The lowest BCUT2D eigenvalue weighted by Gasteiger charge is -2.22. The lowest BCUT2D eigenvalue weighted by molar-refractivity contribution is 0.104. The van der Waals surface area contributed by atoms with Crippen molar-refractivity contribution in [1.29, 1.82) is 0 Å². The van der Waals surface area contributed by atoms with E-state index in [9.17, 15) is 0 Å². The van der Waals surface area contributed by atoms with Gasteiger partial charge in [0.2, 0.25) is 0 Å². The zero-order valence-electron chi connectivity index (χ0n) is 8.00. The lowest BCUT2D eigenvalue weighted by atomic mass is 9.84. The van der Waals surface area contributed by atoms with E-state index < -0.39 is 0 Å². The molecule has 0 saturated heterocycles. The van der Waals surface area contributed by atoms with Gasteiger partial charge in [0.1, 0.15) is 6.10 Å². The zero-order chi connectivity index (χ0) is 9.26. The average Bonchev–Trinajstić information content (AvgIpc) is 2.49. The van der Waals surface area contributed by atoms with Crippen molar-refractivity contribution in [3.63, 3.8) is 0 Å². The second-order valence-electron chi connectivity index (χ2n) is 4.06. The molecule has 2 atom stereocenters. The Hall–Kier alpha value is 0.200. The van der Waals surface area contributed by atoms with Crippen LogP contribution in [-0.4, -0.2) is 15.7 Å². The van der Waals surface area contributed by atoms with E-state index in [1.165, 1.54) is 37.8 Å². The van der Waals surface area contributed by atoms with E-state index in [4.69, 9.17) is 4.84 Å². The van der Waals surface area contributed by atoms with Gasteiger partial charge in [0.05, 0.1) is 9.64 Å². The molecule has 74 valence electrons. The molecule has 0 spiro atoms. The van der Waals surface area contributed by atoms with Gasteiger partial charge in [-0.2, -0.15) is 0 Å². The largest absolute Gasteiger partial charge is 0.391 e.